The number of benzene rings is 3. The summed E-state index contributed by atoms with van der Waals surface area (Å²) in [6, 6.07) is 15.3. The maximum absolute atomic E-state index is 14.1. The van der Waals surface area contributed by atoms with E-state index in [0.29, 0.717) is 6.07 Å². The highest BCUT2D eigenvalue weighted by Crippen LogP contribution is 2.27. The molecule has 0 fully saturated rings. The molecule has 0 aliphatic heterocycles. The van der Waals surface area contributed by atoms with Gasteiger partial charge in [-0.15, -0.1) is 0 Å². The summed E-state index contributed by atoms with van der Waals surface area (Å²) >= 11 is 0. The van der Waals surface area contributed by atoms with Gasteiger partial charge in [0.1, 0.15) is 17.5 Å². The van der Waals surface area contributed by atoms with Crippen LogP contribution in [0.25, 0.3) is 0 Å². The van der Waals surface area contributed by atoms with Gasteiger partial charge in [-0.2, -0.15) is 0 Å². The zero-order valence-electron chi connectivity index (χ0n) is 13.4. The lowest BCUT2D eigenvalue weighted by Gasteiger charge is -2.25. The average Bonchev–Trinajstić information content (AvgIpc) is 2.63. The Balaban J connectivity index is 2.09. The van der Waals surface area contributed by atoms with Crippen molar-refractivity contribution in [3.05, 3.63) is 95.8 Å². The van der Waals surface area contributed by atoms with Crippen molar-refractivity contribution < 1.29 is 21.6 Å². The maximum Gasteiger partial charge on any atom is 0.264 e. The summed E-state index contributed by atoms with van der Waals surface area (Å²) in [7, 11) is -4.04. The molecule has 0 radical (unpaired) electrons. The molecule has 3 nitrogen and oxygen atoms in total. The normalized spacial score (nSPS) is 11.3. The van der Waals surface area contributed by atoms with E-state index in [1.165, 1.54) is 30.3 Å². The first-order chi connectivity index (χ1) is 12.4. The summed E-state index contributed by atoms with van der Waals surface area (Å²) in [5.74, 6) is -2.15. The van der Waals surface area contributed by atoms with E-state index in [2.05, 4.69) is 0 Å². The molecule has 3 aromatic rings. The predicted molar refractivity (Wildman–Crippen MR) is 92.6 cm³/mol. The summed E-state index contributed by atoms with van der Waals surface area (Å²) in [5.41, 5.74) is 0.161. The van der Waals surface area contributed by atoms with E-state index in [0.717, 1.165) is 22.5 Å². The van der Waals surface area contributed by atoms with Crippen LogP contribution in [0.4, 0.5) is 18.9 Å². The van der Waals surface area contributed by atoms with Gasteiger partial charge in [-0.1, -0.05) is 24.3 Å². The number of hydrogen-bond acceptors (Lipinski definition) is 2. The van der Waals surface area contributed by atoms with E-state index in [4.69, 9.17) is 0 Å². The Morgan fingerprint density at radius 1 is 0.769 bits per heavy atom. The number of nitrogens with zero attached hydrogens (tertiary/aromatic N) is 1. The van der Waals surface area contributed by atoms with Gasteiger partial charge in [0.15, 0.2) is 0 Å². The molecule has 0 atom stereocenters. The van der Waals surface area contributed by atoms with Gasteiger partial charge in [-0.05, 0) is 42.5 Å². The molecule has 0 amide bonds. The van der Waals surface area contributed by atoms with E-state index < -0.39 is 27.5 Å². The lowest BCUT2D eigenvalue weighted by molar-refractivity contribution is 0.569. The number of rotatable bonds is 5. The molecule has 7 heteroatoms. The number of anilines is 1. The van der Waals surface area contributed by atoms with Gasteiger partial charge in [0, 0.05) is 11.6 Å². The average molecular weight is 377 g/mol. The van der Waals surface area contributed by atoms with Crippen molar-refractivity contribution in [1.82, 2.24) is 0 Å². The number of hydrogen-bond donors (Lipinski definition) is 0. The Kier molecular flexibility index (Phi) is 4.99. The third kappa shape index (κ3) is 3.72. The largest absolute Gasteiger partial charge is 0.264 e. The van der Waals surface area contributed by atoms with Crippen LogP contribution in [0, 0.1) is 17.5 Å². The second-order valence-electron chi connectivity index (χ2n) is 5.54. The third-order valence-electron chi connectivity index (χ3n) is 3.77. The monoisotopic (exact) mass is 377 g/mol. The molecule has 0 bridgehead atoms. The summed E-state index contributed by atoms with van der Waals surface area (Å²) in [6.45, 7) is -0.366. The first-order valence-electron chi connectivity index (χ1n) is 7.65. The molecule has 0 saturated carbocycles. The fourth-order valence-corrected chi connectivity index (χ4v) is 3.91. The Morgan fingerprint density at radius 2 is 1.38 bits per heavy atom. The second-order valence-corrected chi connectivity index (χ2v) is 7.40. The lowest BCUT2D eigenvalue weighted by Crippen LogP contribution is -2.31. The summed E-state index contributed by atoms with van der Waals surface area (Å²) in [6.07, 6.45) is 0. The van der Waals surface area contributed by atoms with Crippen molar-refractivity contribution in [1.29, 1.82) is 0 Å². The van der Waals surface area contributed by atoms with Gasteiger partial charge in [0.2, 0.25) is 0 Å². The minimum atomic E-state index is -4.04. The molecule has 3 aromatic carbocycles. The van der Waals surface area contributed by atoms with Gasteiger partial charge >= 0.3 is 0 Å². The number of halogens is 3. The Labute approximate surface area is 149 Å². The topological polar surface area (TPSA) is 37.4 Å². The van der Waals surface area contributed by atoms with Gasteiger partial charge in [-0.25, -0.2) is 21.6 Å². The molecule has 134 valence electrons. The molecule has 0 aliphatic rings. The first kappa shape index (κ1) is 18.0. The van der Waals surface area contributed by atoms with Crippen LogP contribution in [0.2, 0.25) is 0 Å². The van der Waals surface area contributed by atoms with E-state index in [9.17, 15) is 21.6 Å². The summed E-state index contributed by atoms with van der Waals surface area (Å²) in [4.78, 5) is 0.00634. The van der Waals surface area contributed by atoms with Crippen LogP contribution < -0.4 is 4.31 Å². The summed E-state index contributed by atoms with van der Waals surface area (Å²) < 4.78 is 67.5. The first-order valence-corrected chi connectivity index (χ1v) is 9.09. The smallest absolute Gasteiger partial charge is 0.262 e. The van der Waals surface area contributed by atoms with E-state index in [1.54, 1.807) is 18.2 Å². The van der Waals surface area contributed by atoms with Gasteiger partial charge in [0.05, 0.1) is 17.1 Å². The molecular formula is C19H14F3NO2S. The zero-order chi connectivity index (χ0) is 18.7. The van der Waals surface area contributed by atoms with Gasteiger partial charge in [-0.3, -0.25) is 4.31 Å². The number of sulfonamides is 1. The van der Waals surface area contributed by atoms with Crippen LogP contribution in [-0.4, -0.2) is 8.42 Å². The molecular weight excluding hydrogens is 363 g/mol. The van der Waals surface area contributed by atoms with Crippen molar-refractivity contribution in [3.8, 4) is 0 Å². The minimum absolute atomic E-state index is 0.00442. The van der Waals surface area contributed by atoms with Crippen LogP contribution in [-0.2, 0) is 16.6 Å². The molecule has 3 rings (SSSR count). The Bertz CT molecular complexity index is 1010. The van der Waals surface area contributed by atoms with Crippen molar-refractivity contribution in [2.45, 2.75) is 11.4 Å². The Morgan fingerprint density at radius 3 is 2.00 bits per heavy atom. The van der Waals surface area contributed by atoms with Crippen LogP contribution in [0.5, 0.6) is 0 Å². The molecule has 0 N–H and O–H groups in total. The predicted octanol–water partition coefficient (Wildman–Crippen LogP) is 4.50. The quantitative estimate of drug-likeness (QED) is 0.657. The molecule has 0 unspecified atom stereocenters. The van der Waals surface area contributed by atoms with Gasteiger partial charge < -0.3 is 0 Å². The third-order valence-corrected chi connectivity index (χ3v) is 5.56. The highest BCUT2D eigenvalue weighted by atomic mass is 32.2. The maximum atomic E-state index is 14.1. The molecule has 0 aliphatic carbocycles. The van der Waals surface area contributed by atoms with Crippen LogP contribution in [0.3, 0.4) is 0 Å². The summed E-state index contributed by atoms with van der Waals surface area (Å²) in [5, 5.41) is 0. The standard InChI is InChI=1S/C19H14F3NO2S/c20-15-8-10-17(11-9-15)23(13-14-6-7-16(21)12-19(14)22)26(24,25)18-4-2-1-3-5-18/h1-12H,13H2. The molecule has 26 heavy (non-hydrogen) atoms. The lowest BCUT2D eigenvalue weighted by atomic mass is 10.2. The van der Waals surface area contributed by atoms with E-state index in [-0.39, 0.29) is 22.7 Å². The van der Waals surface area contributed by atoms with Crippen LogP contribution >= 0.6 is 0 Å². The van der Waals surface area contributed by atoms with Crippen molar-refractivity contribution >= 4 is 15.7 Å². The zero-order valence-corrected chi connectivity index (χ0v) is 14.3. The van der Waals surface area contributed by atoms with E-state index >= 15 is 0 Å². The van der Waals surface area contributed by atoms with Crippen molar-refractivity contribution in [3.63, 3.8) is 0 Å². The molecule has 0 heterocycles. The molecule has 0 saturated heterocycles. The highest BCUT2D eigenvalue weighted by Gasteiger charge is 2.26. The fraction of sp³-hybridized carbons (Fsp3) is 0.0526. The SMILES string of the molecule is O=S(=O)(c1ccccc1)N(Cc1ccc(F)cc1F)c1ccc(F)cc1. The van der Waals surface area contributed by atoms with Crippen LogP contribution in [0.15, 0.2) is 77.7 Å². The minimum Gasteiger partial charge on any atom is -0.262 e. The van der Waals surface area contributed by atoms with Crippen molar-refractivity contribution in [2.24, 2.45) is 0 Å². The Hall–Kier alpha value is -2.80. The second kappa shape index (κ2) is 7.21. The molecule has 0 aromatic heterocycles. The highest BCUT2D eigenvalue weighted by molar-refractivity contribution is 7.92. The van der Waals surface area contributed by atoms with E-state index in [1.807, 2.05) is 0 Å². The van der Waals surface area contributed by atoms with Gasteiger partial charge in [0.25, 0.3) is 10.0 Å². The fourth-order valence-electron chi connectivity index (χ4n) is 2.45. The molecule has 0 spiro atoms. The van der Waals surface area contributed by atoms with Crippen molar-refractivity contribution in [2.75, 3.05) is 4.31 Å². The van der Waals surface area contributed by atoms with Crippen LogP contribution in [0.1, 0.15) is 5.56 Å².